The number of ether oxygens (including phenoxy) is 1. The third kappa shape index (κ3) is 2.81. The Bertz CT molecular complexity index is 363. The molecule has 0 unspecified atom stereocenters. The Morgan fingerprint density at radius 2 is 1.79 bits per heavy atom. The van der Waals surface area contributed by atoms with Crippen LogP contribution in [0.4, 0.5) is 0 Å². The summed E-state index contributed by atoms with van der Waals surface area (Å²) in [5.41, 5.74) is 0.516. The highest BCUT2D eigenvalue weighted by atomic mass is 79.9. The number of carbonyl (C=O) groups is 1. The van der Waals surface area contributed by atoms with E-state index in [9.17, 15) is 4.79 Å². The number of halogens is 3. The fourth-order valence-electron chi connectivity index (χ4n) is 0.888. The summed E-state index contributed by atoms with van der Waals surface area (Å²) in [6, 6.07) is 3.52. The first-order chi connectivity index (χ1) is 6.56. The van der Waals surface area contributed by atoms with Crippen LogP contribution in [-0.2, 0) is 4.74 Å². The van der Waals surface area contributed by atoms with Gasteiger partial charge >= 0.3 is 5.97 Å². The first-order valence-electron chi connectivity index (χ1n) is 3.88. The van der Waals surface area contributed by atoms with Gasteiger partial charge in [0.15, 0.2) is 0 Å². The van der Waals surface area contributed by atoms with Crippen molar-refractivity contribution in [3.63, 3.8) is 0 Å². The maximum Gasteiger partial charge on any atom is 0.339 e. The summed E-state index contributed by atoms with van der Waals surface area (Å²) in [4.78, 5) is 11.4. The van der Waals surface area contributed by atoms with Gasteiger partial charge in [-0.2, -0.15) is 0 Å². The fourth-order valence-corrected chi connectivity index (χ4v) is 2.39. The molecule has 0 spiro atoms. The van der Waals surface area contributed by atoms with Crippen LogP contribution < -0.4 is 0 Å². The molecule has 5 heteroatoms. The van der Waals surface area contributed by atoms with E-state index in [-0.39, 0.29) is 5.97 Å². The van der Waals surface area contributed by atoms with Crippen LogP contribution in [-0.4, -0.2) is 12.6 Å². The molecule has 0 saturated heterocycles. The monoisotopic (exact) mass is 384 g/mol. The standard InChI is InChI=1S/C9H7Br3O2/c1-2-14-9(13)5-3-7(11)8(12)4-6(5)10/h3-4H,2H2,1H3. The van der Waals surface area contributed by atoms with Crippen LogP contribution in [0.5, 0.6) is 0 Å². The van der Waals surface area contributed by atoms with Gasteiger partial charge in [0.05, 0.1) is 12.2 Å². The second kappa shape index (κ2) is 5.28. The fraction of sp³-hybridized carbons (Fsp3) is 0.222. The lowest BCUT2D eigenvalue weighted by Crippen LogP contribution is -2.05. The van der Waals surface area contributed by atoms with Gasteiger partial charge in [0, 0.05) is 13.4 Å². The molecule has 0 atom stereocenters. The average molecular weight is 387 g/mol. The molecule has 0 aromatic heterocycles. The molecule has 0 bridgehead atoms. The summed E-state index contributed by atoms with van der Waals surface area (Å²) >= 11 is 9.96. The van der Waals surface area contributed by atoms with E-state index in [2.05, 4.69) is 47.8 Å². The Balaban J connectivity index is 3.09. The van der Waals surface area contributed by atoms with Crippen LogP contribution >= 0.6 is 47.8 Å². The van der Waals surface area contributed by atoms with Gasteiger partial charge in [0.1, 0.15) is 0 Å². The van der Waals surface area contributed by atoms with Crippen LogP contribution in [0.1, 0.15) is 17.3 Å². The quantitative estimate of drug-likeness (QED) is 0.563. The molecular weight excluding hydrogens is 380 g/mol. The number of benzene rings is 1. The van der Waals surface area contributed by atoms with E-state index in [1.807, 2.05) is 0 Å². The molecule has 1 aromatic carbocycles. The summed E-state index contributed by atoms with van der Waals surface area (Å²) in [6.07, 6.45) is 0. The third-order valence-corrected chi connectivity index (χ3v) is 4.01. The van der Waals surface area contributed by atoms with E-state index in [0.29, 0.717) is 16.6 Å². The van der Waals surface area contributed by atoms with Gasteiger partial charge in [-0.05, 0) is 66.8 Å². The Morgan fingerprint density at radius 1 is 1.21 bits per heavy atom. The Morgan fingerprint density at radius 3 is 2.36 bits per heavy atom. The van der Waals surface area contributed by atoms with E-state index in [0.717, 1.165) is 8.95 Å². The number of hydrogen-bond donors (Lipinski definition) is 0. The van der Waals surface area contributed by atoms with Crippen LogP contribution in [0.3, 0.4) is 0 Å². The van der Waals surface area contributed by atoms with Crippen LogP contribution in [0.2, 0.25) is 0 Å². The molecule has 0 saturated carbocycles. The van der Waals surface area contributed by atoms with Gasteiger partial charge in [-0.25, -0.2) is 4.79 Å². The molecule has 0 fully saturated rings. The molecule has 0 aliphatic heterocycles. The topological polar surface area (TPSA) is 26.3 Å². The van der Waals surface area contributed by atoms with E-state index in [4.69, 9.17) is 4.74 Å². The minimum atomic E-state index is -0.326. The maximum absolute atomic E-state index is 11.4. The molecular formula is C9H7Br3O2. The molecule has 0 aliphatic rings. The molecule has 76 valence electrons. The molecule has 0 aliphatic carbocycles. The summed E-state index contributed by atoms with van der Waals surface area (Å²) in [6.45, 7) is 2.15. The van der Waals surface area contributed by atoms with Crippen molar-refractivity contribution in [3.8, 4) is 0 Å². The number of hydrogen-bond acceptors (Lipinski definition) is 2. The van der Waals surface area contributed by atoms with Gasteiger partial charge < -0.3 is 4.74 Å². The largest absolute Gasteiger partial charge is 0.462 e. The predicted octanol–water partition coefficient (Wildman–Crippen LogP) is 4.15. The van der Waals surface area contributed by atoms with Gasteiger partial charge in [-0.15, -0.1) is 0 Å². The van der Waals surface area contributed by atoms with E-state index in [1.54, 1.807) is 19.1 Å². The summed E-state index contributed by atoms with van der Waals surface area (Å²) in [7, 11) is 0. The Hall–Kier alpha value is 0.130. The Labute approximate surface area is 107 Å². The van der Waals surface area contributed by atoms with Crippen LogP contribution in [0.15, 0.2) is 25.6 Å². The van der Waals surface area contributed by atoms with Crippen molar-refractivity contribution in [3.05, 3.63) is 31.1 Å². The van der Waals surface area contributed by atoms with E-state index < -0.39 is 0 Å². The van der Waals surface area contributed by atoms with Crippen LogP contribution in [0.25, 0.3) is 0 Å². The van der Waals surface area contributed by atoms with Crippen molar-refractivity contribution >= 4 is 53.8 Å². The van der Waals surface area contributed by atoms with Crippen molar-refractivity contribution < 1.29 is 9.53 Å². The predicted molar refractivity (Wildman–Crippen MR) is 65.5 cm³/mol. The van der Waals surface area contributed by atoms with Gasteiger partial charge in [0.2, 0.25) is 0 Å². The zero-order chi connectivity index (χ0) is 10.7. The van der Waals surface area contributed by atoms with Crippen molar-refractivity contribution in [2.24, 2.45) is 0 Å². The molecule has 2 nitrogen and oxygen atoms in total. The van der Waals surface area contributed by atoms with Crippen molar-refractivity contribution in [1.29, 1.82) is 0 Å². The number of carbonyl (C=O) groups excluding carboxylic acids is 1. The zero-order valence-corrected chi connectivity index (χ0v) is 12.1. The SMILES string of the molecule is CCOC(=O)c1cc(Br)c(Br)cc1Br. The minimum absolute atomic E-state index is 0.326. The van der Waals surface area contributed by atoms with E-state index >= 15 is 0 Å². The summed E-state index contributed by atoms with van der Waals surface area (Å²) in [5, 5.41) is 0. The highest BCUT2D eigenvalue weighted by molar-refractivity contribution is 9.13. The van der Waals surface area contributed by atoms with Crippen LogP contribution in [0, 0.1) is 0 Å². The van der Waals surface area contributed by atoms with E-state index in [1.165, 1.54) is 0 Å². The zero-order valence-electron chi connectivity index (χ0n) is 7.31. The molecule has 0 heterocycles. The van der Waals surface area contributed by atoms with Crippen molar-refractivity contribution in [2.75, 3.05) is 6.61 Å². The van der Waals surface area contributed by atoms with Gasteiger partial charge in [0.25, 0.3) is 0 Å². The van der Waals surface area contributed by atoms with Crippen molar-refractivity contribution in [1.82, 2.24) is 0 Å². The lowest BCUT2D eigenvalue weighted by atomic mass is 10.2. The lowest BCUT2D eigenvalue weighted by molar-refractivity contribution is 0.0525. The normalized spacial score (nSPS) is 10.0. The number of esters is 1. The first kappa shape index (κ1) is 12.2. The molecule has 0 amide bonds. The molecule has 0 radical (unpaired) electrons. The van der Waals surface area contributed by atoms with Gasteiger partial charge in [-0.3, -0.25) is 0 Å². The smallest absolute Gasteiger partial charge is 0.339 e. The second-order valence-corrected chi connectivity index (χ2v) is 5.03. The number of rotatable bonds is 2. The molecule has 0 N–H and O–H groups in total. The molecule has 14 heavy (non-hydrogen) atoms. The van der Waals surface area contributed by atoms with Gasteiger partial charge in [-0.1, -0.05) is 0 Å². The highest BCUT2D eigenvalue weighted by Gasteiger charge is 2.13. The highest BCUT2D eigenvalue weighted by Crippen LogP contribution is 2.30. The minimum Gasteiger partial charge on any atom is -0.462 e. The van der Waals surface area contributed by atoms with Crippen molar-refractivity contribution in [2.45, 2.75) is 6.92 Å². The first-order valence-corrected chi connectivity index (χ1v) is 6.25. The summed E-state index contributed by atoms with van der Waals surface area (Å²) < 4.78 is 7.32. The molecule has 1 aromatic rings. The maximum atomic E-state index is 11.4. The molecule has 1 rings (SSSR count). The average Bonchev–Trinajstić information content (AvgIpc) is 2.11. The third-order valence-electron chi connectivity index (χ3n) is 1.51. The summed E-state index contributed by atoms with van der Waals surface area (Å²) in [5.74, 6) is -0.326. The lowest BCUT2D eigenvalue weighted by Gasteiger charge is -2.05. The Kier molecular flexibility index (Phi) is 4.60. The second-order valence-electron chi connectivity index (χ2n) is 2.47.